The highest BCUT2D eigenvalue weighted by Crippen LogP contribution is 2.45. The van der Waals surface area contributed by atoms with Crippen molar-refractivity contribution in [2.45, 2.75) is 65.2 Å². The van der Waals surface area contributed by atoms with Gasteiger partial charge in [0.15, 0.2) is 0 Å². The Labute approximate surface area is 136 Å². The number of thiophene rings is 1. The van der Waals surface area contributed by atoms with Gasteiger partial charge >= 0.3 is 0 Å². The first-order valence-corrected chi connectivity index (χ1v) is 9.72. The van der Waals surface area contributed by atoms with E-state index in [2.05, 4.69) is 41.2 Å². The van der Waals surface area contributed by atoms with E-state index >= 15 is 0 Å². The maximum atomic E-state index is 3.62. The van der Waals surface area contributed by atoms with Crippen LogP contribution in [0.2, 0.25) is 0 Å². The molecular formula is C17H28BrNS. The van der Waals surface area contributed by atoms with Gasteiger partial charge in [0.25, 0.3) is 0 Å². The van der Waals surface area contributed by atoms with Crippen molar-refractivity contribution in [3.63, 3.8) is 0 Å². The first-order chi connectivity index (χ1) is 9.65. The molecule has 1 saturated carbocycles. The molecule has 3 heteroatoms. The quantitative estimate of drug-likeness (QED) is 0.588. The first-order valence-electron chi connectivity index (χ1n) is 8.11. The van der Waals surface area contributed by atoms with E-state index in [4.69, 9.17) is 0 Å². The lowest BCUT2D eigenvalue weighted by Gasteiger charge is -2.29. The molecule has 0 atom stereocenters. The SMILES string of the molecule is CCCNCCC1(CCc2cc(Br)sc2C)CCCC1. The molecule has 1 heterocycles. The summed E-state index contributed by atoms with van der Waals surface area (Å²) in [5.74, 6) is 0. The predicted octanol–water partition coefficient (Wildman–Crippen LogP) is 5.70. The van der Waals surface area contributed by atoms with E-state index in [0.717, 1.165) is 0 Å². The third kappa shape index (κ3) is 4.57. The predicted molar refractivity (Wildman–Crippen MR) is 93.8 cm³/mol. The second-order valence-electron chi connectivity index (χ2n) is 6.34. The van der Waals surface area contributed by atoms with Gasteiger partial charge in [0.2, 0.25) is 0 Å². The Morgan fingerprint density at radius 3 is 2.60 bits per heavy atom. The Balaban J connectivity index is 1.87. The second-order valence-corrected chi connectivity index (χ2v) is 8.97. The molecule has 1 fully saturated rings. The van der Waals surface area contributed by atoms with Gasteiger partial charge in [-0.25, -0.2) is 0 Å². The van der Waals surface area contributed by atoms with Crippen LogP contribution in [-0.2, 0) is 6.42 Å². The largest absolute Gasteiger partial charge is 0.317 e. The van der Waals surface area contributed by atoms with E-state index in [-0.39, 0.29) is 0 Å². The summed E-state index contributed by atoms with van der Waals surface area (Å²) < 4.78 is 1.29. The summed E-state index contributed by atoms with van der Waals surface area (Å²) in [7, 11) is 0. The second kappa shape index (κ2) is 7.95. The molecule has 1 nitrogen and oxygen atoms in total. The average molecular weight is 358 g/mol. The summed E-state index contributed by atoms with van der Waals surface area (Å²) in [5.41, 5.74) is 2.19. The van der Waals surface area contributed by atoms with Gasteiger partial charge in [0.1, 0.15) is 0 Å². The van der Waals surface area contributed by atoms with Gasteiger partial charge in [0.05, 0.1) is 3.79 Å². The molecule has 0 spiro atoms. The number of rotatable bonds is 8. The fourth-order valence-electron chi connectivity index (χ4n) is 3.53. The van der Waals surface area contributed by atoms with E-state index in [0.29, 0.717) is 5.41 Å². The number of hydrogen-bond donors (Lipinski definition) is 1. The third-order valence-electron chi connectivity index (χ3n) is 4.84. The van der Waals surface area contributed by atoms with E-state index in [1.165, 1.54) is 73.1 Å². The number of hydrogen-bond acceptors (Lipinski definition) is 2. The molecule has 20 heavy (non-hydrogen) atoms. The summed E-state index contributed by atoms with van der Waals surface area (Å²) in [6.45, 7) is 6.89. The van der Waals surface area contributed by atoms with Crippen LogP contribution in [0.25, 0.3) is 0 Å². The highest BCUT2D eigenvalue weighted by Gasteiger charge is 2.32. The monoisotopic (exact) mass is 357 g/mol. The van der Waals surface area contributed by atoms with Gasteiger partial charge in [-0.05, 0) is 91.5 Å². The zero-order chi connectivity index (χ0) is 14.4. The Kier molecular flexibility index (Phi) is 6.57. The molecule has 1 aromatic rings. The Hall–Kier alpha value is 0.140. The lowest BCUT2D eigenvalue weighted by molar-refractivity contribution is 0.245. The smallest absolute Gasteiger partial charge is 0.0704 e. The molecule has 114 valence electrons. The number of nitrogens with one attached hydrogen (secondary N) is 1. The number of aryl methyl sites for hydroxylation is 2. The maximum absolute atomic E-state index is 3.62. The standard InChI is InChI=1S/C17H28BrNS/c1-3-11-19-12-10-17(7-4-5-8-17)9-6-15-13-16(18)20-14(15)2/h13,19H,3-12H2,1-2H3. The molecule has 0 aromatic carbocycles. The molecule has 1 aliphatic rings. The van der Waals surface area contributed by atoms with Crippen LogP contribution in [-0.4, -0.2) is 13.1 Å². The Morgan fingerprint density at radius 2 is 2.00 bits per heavy atom. The van der Waals surface area contributed by atoms with Crippen molar-refractivity contribution in [2.75, 3.05) is 13.1 Å². The maximum Gasteiger partial charge on any atom is 0.0704 e. The van der Waals surface area contributed by atoms with Gasteiger partial charge in [0, 0.05) is 4.88 Å². The van der Waals surface area contributed by atoms with Crippen molar-refractivity contribution >= 4 is 27.3 Å². The van der Waals surface area contributed by atoms with Crippen molar-refractivity contribution in [3.05, 3.63) is 20.3 Å². The molecule has 0 radical (unpaired) electrons. The van der Waals surface area contributed by atoms with E-state index in [9.17, 15) is 0 Å². The molecule has 0 aliphatic heterocycles. The van der Waals surface area contributed by atoms with Crippen LogP contribution >= 0.6 is 27.3 Å². The summed E-state index contributed by atoms with van der Waals surface area (Å²) in [4.78, 5) is 1.49. The minimum absolute atomic E-state index is 0.627. The Morgan fingerprint density at radius 1 is 1.25 bits per heavy atom. The van der Waals surface area contributed by atoms with Gasteiger partial charge in [-0.3, -0.25) is 0 Å². The van der Waals surface area contributed by atoms with E-state index < -0.39 is 0 Å². The number of halogens is 1. The fourth-order valence-corrected chi connectivity index (χ4v) is 5.32. The van der Waals surface area contributed by atoms with Crippen molar-refractivity contribution in [1.82, 2.24) is 5.32 Å². The highest BCUT2D eigenvalue weighted by atomic mass is 79.9. The minimum Gasteiger partial charge on any atom is -0.317 e. The van der Waals surface area contributed by atoms with Gasteiger partial charge in [-0.2, -0.15) is 0 Å². The van der Waals surface area contributed by atoms with Gasteiger partial charge in [-0.1, -0.05) is 19.8 Å². The van der Waals surface area contributed by atoms with Crippen molar-refractivity contribution in [1.29, 1.82) is 0 Å². The first kappa shape index (κ1) is 16.5. The van der Waals surface area contributed by atoms with Crippen LogP contribution in [0.5, 0.6) is 0 Å². The zero-order valence-electron chi connectivity index (χ0n) is 12.9. The van der Waals surface area contributed by atoms with E-state index in [1.54, 1.807) is 5.56 Å². The molecule has 0 unspecified atom stereocenters. The molecule has 0 amide bonds. The van der Waals surface area contributed by atoms with Crippen molar-refractivity contribution in [3.8, 4) is 0 Å². The normalized spacial score (nSPS) is 17.8. The average Bonchev–Trinajstić information content (AvgIpc) is 3.00. The fraction of sp³-hybridized carbons (Fsp3) is 0.765. The molecule has 0 bridgehead atoms. The van der Waals surface area contributed by atoms with Crippen LogP contribution in [0.3, 0.4) is 0 Å². The Bertz CT molecular complexity index is 407. The lowest BCUT2D eigenvalue weighted by atomic mass is 9.77. The molecule has 1 N–H and O–H groups in total. The van der Waals surface area contributed by atoms with Crippen LogP contribution < -0.4 is 5.32 Å². The third-order valence-corrected chi connectivity index (χ3v) is 6.43. The van der Waals surface area contributed by atoms with Crippen molar-refractivity contribution in [2.24, 2.45) is 5.41 Å². The topological polar surface area (TPSA) is 12.0 Å². The van der Waals surface area contributed by atoms with Crippen LogP contribution in [0.1, 0.15) is 62.3 Å². The minimum atomic E-state index is 0.627. The summed E-state index contributed by atoms with van der Waals surface area (Å²) in [6.07, 6.45) is 11.1. The van der Waals surface area contributed by atoms with Gasteiger partial charge in [-0.15, -0.1) is 11.3 Å². The molecular weight excluding hydrogens is 330 g/mol. The van der Waals surface area contributed by atoms with Gasteiger partial charge < -0.3 is 5.32 Å². The summed E-state index contributed by atoms with van der Waals surface area (Å²) >= 11 is 5.50. The van der Waals surface area contributed by atoms with Crippen LogP contribution in [0.4, 0.5) is 0 Å². The molecule has 2 rings (SSSR count). The summed E-state index contributed by atoms with van der Waals surface area (Å²) in [5, 5.41) is 3.59. The molecule has 1 aliphatic carbocycles. The lowest BCUT2D eigenvalue weighted by Crippen LogP contribution is -2.26. The van der Waals surface area contributed by atoms with E-state index in [1.807, 2.05) is 11.3 Å². The van der Waals surface area contributed by atoms with Crippen molar-refractivity contribution < 1.29 is 0 Å². The summed E-state index contributed by atoms with van der Waals surface area (Å²) in [6, 6.07) is 2.33. The highest BCUT2D eigenvalue weighted by molar-refractivity contribution is 9.11. The molecule has 1 aromatic heterocycles. The van der Waals surface area contributed by atoms with Crippen LogP contribution in [0.15, 0.2) is 9.85 Å². The molecule has 0 saturated heterocycles. The zero-order valence-corrected chi connectivity index (χ0v) is 15.3. The van der Waals surface area contributed by atoms with Crippen LogP contribution in [0, 0.1) is 12.3 Å².